The van der Waals surface area contributed by atoms with Crippen molar-refractivity contribution >= 4 is 31.3 Å². The van der Waals surface area contributed by atoms with Crippen molar-refractivity contribution in [3.05, 3.63) is 28.5 Å². The maximum absolute atomic E-state index is 13.4. The molecule has 0 N–H and O–H groups in total. The first-order chi connectivity index (χ1) is 7.09. The number of halogens is 2. The van der Waals surface area contributed by atoms with E-state index < -0.39 is 15.5 Å². The van der Waals surface area contributed by atoms with E-state index in [4.69, 9.17) is 0 Å². The zero-order chi connectivity index (χ0) is 10.9. The van der Waals surface area contributed by atoms with Crippen LogP contribution in [0.4, 0.5) is 10.1 Å². The van der Waals surface area contributed by atoms with Crippen molar-refractivity contribution in [1.82, 2.24) is 0 Å². The molecule has 0 unspecified atom stereocenters. The fraction of sp³-hybridized carbons (Fsp3) is 0.400. The third-order valence-corrected chi connectivity index (χ3v) is 5.23. The second-order valence-electron chi connectivity index (χ2n) is 3.57. The van der Waals surface area contributed by atoms with Gasteiger partial charge in [-0.1, -0.05) is 15.9 Å². The molecule has 0 bridgehead atoms. The molecule has 0 spiro atoms. The minimum absolute atomic E-state index is 0.213. The van der Waals surface area contributed by atoms with Gasteiger partial charge in [0.05, 0.1) is 9.73 Å². The van der Waals surface area contributed by atoms with Gasteiger partial charge in [-0.25, -0.2) is 8.60 Å². The van der Waals surface area contributed by atoms with E-state index >= 15 is 0 Å². The quantitative estimate of drug-likeness (QED) is 0.779. The zero-order valence-electron chi connectivity index (χ0n) is 8.08. The molecule has 1 aromatic rings. The summed E-state index contributed by atoms with van der Waals surface area (Å²) in [5.41, 5.74) is 0.213. The molecule has 5 heteroatoms. The van der Waals surface area contributed by atoms with Gasteiger partial charge >= 0.3 is 0 Å². The first-order valence-corrected chi connectivity index (χ1v) is 7.41. The van der Waals surface area contributed by atoms with E-state index in [0.29, 0.717) is 16.0 Å². The number of nitrogens with zero attached hydrogens (tertiary/aromatic N) is 1. The lowest BCUT2D eigenvalue weighted by Gasteiger charge is -2.01. The molecule has 0 amide bonds. The van der Waals surface area contributed by atoms with Gasteiger partial charge in [-0.05, 0) is 31.0 Å². The van der Waals surface area contributed by atoms with Crippen LogP contribution in [0.25, 0.3) is 0 Å². The summed E-state index contributed by atoms with van der Waals surface area (Å²) < 4.78 is 30.2. The molecule has 1 aromatic carbocycles. The lowest BCUT2D eigenvalue weighted by molar-refractivity contribution is 0.628. The van der Waals surface area contributed by atoms with Gasteiger partial charge < -0.3 is 0 Å². The number of rotatable bonds is 1. The average molecular weight is 292 g/mol. The molecule has 0 aliphatic carbocycles. The maximum atomic E-state index is 13.4. The van der Waals surface area contributed by atoms with Crippen LogP contribution in [0, 0.1) is 5.82 Å². The summed E-state index contributed by atoms with van der Waals surface area (Å²) in [6, 6.07) is 4.61. The summed E-state index contributed by atoms with van der Waals surface area (Å²) in [6.45, 7) is 0. The molecule has 15 heavy (non-hydrogen) atoms. The van der Waals surface area contributed by atoms with E-state index in [2.05, 4.69) is 20.3 Å². The third kappa shape index (κ3) is 2.58. The molecule has 0 aromatic heterocycles. The topological polar surface area (TPSA) is 29.4 Å². The van der Waals surface area contributed by atoms with E-state index in [1.807, 2.05) is 0 Å². The molecule has 1 heterocycles. The Balaban J connectivity index is 2.43. The van der Waals surface area contributed by atoms with Gasteiger partial charge in [0, 0.05) is 16.0 Å². The lowest BCUT2D eigenvalue weighted by atomic mass is 10.3. The van der Waals surface area contributed by atoms with Crippen LogP contribution in [-0.2, 0) is 9.73 Å². The van der Waals surface area contributed by atoms with Gasteiger partial charge in [0.15, 0.2) is 5.82 Å². The summed E-state index contributed by atoms with van der Waals surface area (Å²) in [6.07, 6.45) is 1.86. The molecular weight excluding hydrogens is 281 g/mol. The van der Waals surface area contributed by atoms with Crippen molar-refractivity contribution in [3.8, 4) is 0 Å². The van der Waals surface area contributed by atoms with E-state index in [1.54, 1.807) is 12.1 Å². The molecule has 0 atom stereocenters. The molecular formula is C10H11BrFNOS. The fourth-order valence-electron chi connectivity index (χ4n) is 1.58. The fourth-order valence-corrected chi connectivity index (χ4v) is 4.12. The lowest BCUT2D eigenvalue weighted by Crippen LogP contribution is -1.99. The first-order valence-electron chi connectivity index (χ1n) is 4.77. The van der Waals surface area contributed by atoms with Crippen LogP contribution in [-0.4, -0.2) is 15.7 Å². The summed E-state index contributed by atoms with van der Waals surface area (Å²) in [7, 11) is -2.17. The van der Waals surface area contributed by atoms with Crippen LogP contribution in [0.1, 0.15) is 12.8 Å². The Morgan fingerprint density at radius 3 is 2.60 bits per heavy atom. The minimum Gasteiger partial charge on any atom is -0.249 e. The van der Waals surface area contributed by atoms with Gasteiger partial charge in [0.25, 0.3) is 0 Å². The van der Waals surface area contributed by atoms with Crippen molar-refractivity contribution in [1.29, 1.82) is 0 Å². The smallest absolute Gasteiger partial charge is 0.150 e. The number of benzene rings is 1. The Hall–Kier alpha value is -0.420. The van der Waals surface area contributed by atoms with Crippen LogP contribution in [0.15, 0.2) is 27.0 Å². The highest BCUT2D eigenvalue weighted by Crippen LogP contribution is 2.25. The van der Waals surface area contributed by atoms with Gasteiger partial charge in [-0.3, -0.25) is 0 Å². The van der Waals surface area contributed by atoms with Crippen LogP contribution in [0.5, 0.6) is 0 Å². The van der Waals surface area contributed by atoms with Crippen LogP contribution in [0.2, 0.25) is 0 Å². The standard InChI is InChI=1S/C10H11BrFNOS/c11-8-3-4-10(9(12)7-8)13-15(14)5-1-2-6-15/h3-4,7H,1-2,5-6H2. The minimum atomic E-state index is -2.17. The normalized spacial score (nSPS) is 19.1. The Labute approximate surface area is 97.2 Å². The zero-order valence-corrected chi connectivity index (χ0v) is 10.5. The van der Waals surface area contributed by atoms with Gasteiger partial charge in [-0.2, -0.15) is 4.36 Å². The third-order valence-electron chi connectivity index (χ3n) is 2.35. The Morgan fingerprint density at radius 2 is 2.00 bits per heavy atom. The van der Waals surface area contributed by atoms with Crippen LogP contribution >= 0.6 is 15.9 Å². The maximum Gasteiger partial charge on any atom is 0.150 e. The van der Waals surface area contributed by atoms with Crippen molar-refractivity contribution in [3.63, 3.8) is 0 Å². The van der Waals surface area contributed by atoms with Gasteiger partial charge in [0.2, 0.25) is 0 Å². The summed E-state index contributed by atoms with van der Waals surface area (Å²) >= 11 is 3.17. The predicted octanol–water partition coefficient (Wildman–Crippen LogP) is 3.48. The summed E-state index contributed by atoms with van der Waals surface area (Å²) in [5, 5.41) is 0. The largest absolute Gasteiger partial charge is 0.249 e. The van der Waals surface area contributed by atoms with Crippen molar-refractivity contribution in [2.45, 2.75) is 12.8 Å². The summed E-state index contributed by atoms with van der Waals surface area (Å²) in [4.78, 5) is 0. The highest BCUT2D eigenvalue weighted by atomic mass is 79.9. The molecule has 2 rings (SSSR count). The summed E-state index contributed by atoms with van der Waals surface area (Å²) in [5.74, 6) is 0.782. The van der Waals surface area contributed by atoms with E-state index in [0.717, 1.165) is 12.8 Å². The first kappa shape index (κ1) is 11.1. The highest BCUT2D eigenvalue weighted by Gasteiger charge is 2.17. The van der Waals surface area contributed by atoms with Crippen molar-refractivity contribution in [2.24, 2.45) is 4.36 Å². The Bertz CT molecular complexity index is 482. The molecule has 0 radical (unpaired) electrons. The monoisotopic (exact) mass is 291 g/mol. The molecule has 82 valence electrons. The molecule has 1 aliphatic rings. The van der Waals surface area contributed by atoms with E-state index in [-0.39, 0.29) is 5.69 Å². The molecule has 1 fully saturated rings. The average Bonchev–Trinajstić information content (AvgIpc) is 2.58. The molecule has 1 aliphatic heterocycles. The highest BCUT2D eigenvalue weighted by molar-refractivity contribution is 9.10. The second-order valence-corrected chi connectivity index (χ2v) is 7.03. The molecule has 0 saturated carbocycles. The second kappa shape index (κ2) is 4.22. The Morgan fingerprint density at radius 1 is 1.33 bits per heavy atom. The van der Waals surface area contributed by atoms with Gasteiger partial charge in [0.1, 0.15) is 5.69 Å². The van der Waals surface area contributed by atoms with Crippen LogP contribution in [0.3, 0.4) is 0 Å². The number of hydrogen-bond acceptors (Lipinski definition) is 2. The molecule has 1 saturated heterocycles. The SMILES string of the molecule is O=S1(=Nc2ccc(Br)cc2F)CCCC1. The predicted molar refractivity (Wildman–Crippen MR) is 63.3 cm³/mol. The van der Waals surface area contributed by atoms with Gasteiger partial charge in [-0.15, -0.1) is 0 Å². The van der Waals surface area contributed by atoms with Crippen LogP contribution < -0.4 is 0 Å². The molecule has 2 nitrogen and oxygen atoms in total. The Kier molecular flexibility index (Phi) is 3.11. The van der Waals surface area contributed by atoms with E-state index in [9.17, 15) is 8.60 Å². The van der Waals surface area contributed by atoms with Crippen molar-refractivity contribution < 1.29 is 8.60 Å². The number of hydrogen-bond donors (Lipinski definition) is 0. The van der Waals surface area contributed by atoms with E-state index in [1.165, 1.54) is 6.07 Å². The van der Waals surface area contributed by atoms with Crippen molar-refractivity contribution in [2.75, 3.05) is 11.5 Å².